The SMILES string of the molecule is CCc1ccc(N2C(=O)[C@@H]3[C@@H](c4cccc([N+](=O)[O-])c4)N(c4ccccc4)O[C@H]3C2=O)cc1. The van der Waals surface area contributed by atoms with Crippen LogP contribution in [0.15, 0.2) is 78.9 Å². The summed E-state index contributed by atoms with van der Waals surface area (Å²) in [6.07, 6.45) is -0.176. The zero-order chi connectivity index (χ0) is 23.1. The highest BCUT2D eigenvalue weighted by molar-refractivity contribution is 6.23. The molecule has 0 radical (unpaired) electrons. The van der Waals surface area contributed by atoms with Crippen LogP contribution in [0, 0.1) is 16.0 Å². The summed E-state index contributed by atoms with van der Waals surface area (Å²) in [5, 5.41) is 12.9. The first-order chi connectivity index (χ1) is 16.0. The predicted octanol–water partition coefficient (Wildman–Crippen LogP) is 4.21. The van der Waals surface area contributed by atoms with Crippen LogP contribution in [0.4, 0.5) is 17.1 Å². The molecule has 0 aliphatic carbocycles. The number of fused-ring (bicyclic) bond motifs is 1. The second-order valence-electron chi connectivity index (χ2n) is 8.04. The van der Waals surface area contributed by atoms with Crippen LogP contribution in [0.1, 0.15) is 24.1 Å². The van der Waals surface area contributed by atoms with Crippen molar-refractivity contribution in [2.45, 2.75) is 25.5 Å². The smallest absolute Gasteiger partial charge is 0.269 e. The molecular formula is C25H21N3O5. The van der Waals surface area contributed by atoms with Gasteiger partial charge in [0.25, 0.3) is 11.6 Å². The third kappa shape index (κ3) is 3.44. The molecule has 3 atom stereocenters. The van der Waals surface area contributed by atoms with E-state index in [2.05, 4.69) is 0 Å². The summed E-state index contributed by atoms with van der Waals surface area (Å²) in [5.74, 6) is -1.67. The van der Waals surface area contributed by atoms with Crippen molar-refractivity contribution in [2.75, 3.05) is 9.96 Å². The average molecular weight is 443 g/mol. The second kappa shape index (κ2) is 8.14. The lowest BCUT2D eigenvalue weighted by molar-refractivity contribution is -0.384. The van der Waals surface area contributed by atoms with E-state index in [-0.39, 0.29) is 11.6 Å². The summed E-state index contributed by atoms with van der Waals surface area (Å²) in [6, 6.07) is 21.8. The van der Waals surface area contributed by atoms with Crippen molar-refractivity contribution >= 4 is 28.9 Å². The molecule has 0 aromatic heterocycles. The minimum atomic E-state index is -1.02. The van der Waals surface area contributed by atoms with Gasteiger partial charge in [0.1, 0.15) is 5.92 Å². The van der Waals surface area contributed by atoms with Crippen LogP contribution in [0.2, 0.25) is 0 Å². The first-order valence-electron chi connectivity index (χ1n) is 10.7. The maximum Gasteiger partial charge on any atom is 0.269 e. The van der Waals surface area contributed by atoms with Crippen molar-refractivity contribution < 1.29 is 19.3 Å². The Labute approximate surface area is 190 Å². The Morgan fingerprint density at radius 2 is 1.64 bits per heavy atom. The van der Waals surface area contributed by atoms with Crippen LogP contribution in [-0.4, -0.2) is 22.8 Å². The van der Waals surface area contributed by atoms with E-state index < -0.39 is 28.9 Å². The normalized spacial score (nSPS) is 22.0. The number of rotatable bonds is 5. The fourth-order valence-corrected chi connectivity index (χ4v) is 4.51. The van der Waals surface area contributed by atoms with E-state index in [1.807, 2.05) is 49.4 Å². The Bertz CT molecular complexity index is 1230. The van der Waals surface area contributed by atoms with E-state index in [0.29, 0.717) is 16.9 Å². The van der Waals surface area contributed by atoms with Gasteiger partial charge in [0.15, 0.2) is 6.10 Å². The average Bonchev–Trinajstić information content (AvgIpc) is 3.36. The molecule has 2 saturated heterocycles. The van der Waals surface area contributed by atoms with Gasteiger partial charge in [-0.3, -0.25) is 24.5 Å². The number of aryl methyl sites for hydroxylation is 1. The molecule has 0 bridgehead atoms. The first kappa shape index (κ1) is 20.8. The molecule has 0 N–H and O–H groups in total. The van der Waals surface area contributed by atoms with Gasteiger partial charge in [-0.25, -0.2) is 9.96 Å². The number of hydrogen-bond acceptors (Lipinski definition) is 6. The number of para-hydroxylation sites is 1. The molecule has 2 fully saturated rings. The van der Waals surface area contributed by atoms with Crippen molar-refractivity contribution in [3.8, 4) is 0 Å². The number of carbonyl (C=O) groups is 2. The minimum Gasteiger partial charge on any atom is -0.273 e. The zero-order valence-corrected chi connectivity index (χ0v) is 17.8. The minimum absolute atomic E-state index is 0.0901. The van der Waals surface area contributed by atoms with Crippen LogP contribution in [-0.2, 0) is 20.8 Å². The molecule has 8 heteroatoms. The Balaban J connectivity index is 1.58. The number of hydrogen-bond donors (Lipinski definition) is 0. The molecule has 3 aromatic rings. The van der Waals surface area contributed by atoms with Gasteiger partial charge >= 0.3 is 0 Å². The van der Waals surface area contributed by atoms with Crippen LogP contribution < -0.4 is 9.96 Å². The van der Waals surface area contributed by atoms with Gasteiger partial charge in [0.05, 0.1) is 22.3 Å². The molecule has 33 heavy (non-hydrogen) atoms. The third-order valence-electron chi connectivity index (χ3n) is 6.15. The largest absolute Gasteiger partial charge is 0.273 e. The number of nitro groups is 1. The van der Waals surface area contributed by atoms with Crippen molar-refractivity contribution in [1.29, 1.82) is 0 Å². The Morgan fingerprint density at radius 1 is 0.909 bits per heavy atom. The number of non-ortho nitro benzene ring substituents is 1. The van der Waals surface area contributed by atoms with Gasteiger partial charge in [0.2, 0.25) is 5.91 Å². The quantitative estimate of drug-likeness (QED) is 0.333. The number of hydroxylamine groups is 1. The number of benzene rings is 3. The maximum atomic E-state index is 13.6. The number of imide groups is 1. The van der Waals surface area contributed by atoms with Crippen LogP contribution in [0.3, 0.4) is 0 Å². The lowest BCUT2D eigenvalue weighted by Gasteiger charge is -2.28. The Kier molecular flexibility index (Phi) is 5.14. The van der Waals surface area contributed by atoms with Crippen molar-refractivity contribution in [2.24, 2.45) is 5.92 Å². The van der Waals surface area contributed by atoms with Gasteiger partial charge < -0.3 is 0 Å². The summed E-state index contributed by atoms with van der Waals surface area (Å²) >= 11 is 0. The van der Waals surface area contributed by atoms with E-state index in [1.165, 1.54) is 22.1 Å². The molecule has 166 valence electrons. The summed E-state index contributed by atoms with van der Waals surface area (Å²) in [7, 11) is 0. The number of carbonyl (C=O) groups excluding carboxylic acids is 2. The summed E-state index contributed by atoms with van der Waals surface area (Å²) in [4.78, 5) is 45.1. The highest BCUT2D eigenvalue weighted by Crippen LogP contribution is 2.47. The Morgan fingerprint density at radius 3 is 2.30 bits per heavy atom. The summed E-state index contributed by atoms with van der Waals surface area (Å²) < 4.78 is 0. The number of nitro benzene ring substituents is 1. The molecule has 2 heterocycles. The zero-order valence-electron chi connectivity index (χ0n) is 17.8. The van der Waals surface area contributed by atoms with Gasteiger partial charge in [-0.1, -0.05) is 49.4 Å². The molecule has 3 aromatic carbocycles. The Hall–Kier alpha value is -4.04. The molecule has 8 nitrogen and oxygen atoms in total. The van der Waals surface area contributed by atoms with E-state index in [1.54, 1.807) is 24.3 Å². The standard InChI is InChI=1S/C25H21N3O5/c1-2-16-11-13-18(14-12-16)26-24(29)21-22(17-7-6-10-20(15-17)28(31)32)27(33-23(21)25(26)30)19-8-4-3-5-9-19/h3-15,21-23H,2H2,1H3/t21-,22-,23-/m1/s1. The number of anilines is 2. The fourth-order valence-electron chi connectivity index (χ4n) is 4.51. The molecule has 5 rings (SSSR count). The van der Waals surface area contributed by atoms with E-state index in [9.17, 15) is 19.7 Å². The molecule has 0 spiro atoms. The lowest BCUT2D eigenvalue weighted by atomic mass is 9.90. The number of amides is 2. The van der Waals surface area contributed by atoms with Crippen LogP contribution in [0.25, 0.3) is 0 Å². The van der Waals surface area contributed by atoms with Crippen LogP contribution in [0.5, 0.6) is 0 Å². The van der Waals surface area contributed by atoms with E-state index in [0.717, 1.165) is 12.0 Å². The maximum absolute atomic E-state index is 13.6. The lowest BCUT2D eigenvalue weighted by Crippen LogP contribution is -2.37. The monoisotopic (exact) mass is 443 g/mol. The van der Waals surface area contributed by atoms with Gasteiger partial charge in [-0.15, -0.1) is 0 Å². The van der Waals surface area contributed by atoms with Crippen LogP contribution >= 0.6 is 0 Å². The molecule has 2 amide bonds. The van der Waals surface area contributed by atoms with Crippen molar-refractivity contribution in [1.82, 2.24) is 0 Å². The first-order valence-corrected chi connectivity index (χ1v) is 10.7. The van der Waals surface area contributed by atoms with Crippen molar-refractivity contribution in [3.63, 3.8) is 0 Å². The fraction of sp³-hybridized carbons (Fsp3) is 0.200. The van der Waals surface area contributed by atoms with Gasteiger partial charge in [-0.2, -0.15) is 0 Å². The highest BCUT2D eigenvalue weighted by atomic mass is 16.7. The molecule has 2 aliphatic heterocycles. The summed E-state index contributed by atoms with van der Waals surface area (Å²) in [5.41, 5.74) is 2.68. The molecule has 0 unspecified atom stereocenters. The van der Waals surface area contributed by atoms with E-state index in [4.69, 9.17) is 4.84 Å². The topological polar surface area (TPSA) is 93.0 Å². The summed E-state index contributed by atoms with van der Waals surface area (Å²) in [6.45, 7) is 2.03. The molecule has 2 aliphatic rings. The van der Waals surface area contributed by atoms with E-state index >= 15 is 0 Å². The highest BCUT2D eigenvalue weighted by Gasteiger charge is 2.60. The molecule has 0 saturated carbocycles. The number of nitrogens with zero attached hydrogens (tertiary/aromatic N) is 3. The third-order valence-corrected chi connectivity index (χ3v) is 6.15. The second-order valence-corrected chi connectivity index (χ2v) is 8.04. The van der Waals surface area contributed by atoms with Gasteiger partial charge in [0, 0.05) is 12.1 Å². The van der Waals surface area contributed by atoms with Gasteiger partial charge in [-0.05, 0) is 41.8 Å². The molecular weight excluding hydrogens is 422 g/mol. The predicted molar refractivity (Wildman–Crippen MR) is 121 cm³/mol. The van der Waals surface area contributed by atoms with Crippen molar-refractivity contribution in [3.05, 3.63) is 100 Å².